The lowest BCUT2D eigenvalue weighted by Gasteiger charge is -2.30. The number of carboxylic acid groups (broad SMARTS) is 1. The second-order valence-electron chi connectivity index (χ2n) is 5.06. The smallest absolute Gasteiger partial charge is 0.317 e. The van der Waals surface area contributed by atoms with Gasteiger partial charge in [0.25, 0.3) is 0 Å². The van der Waals surface area contributed by atoms with Crippen molar-refractivity contribution in [2.45, 2.75) is 32.1 Å². The van der Waals surface area contributed by atoms with Crippen LogP contribution in [-0.2, 0) is 4.79 Å². The maximum absolute atomic E-state index is 11.7. The molecule has 5 nitrogen and oxygen atoms in total. The van der Waals surface area contributed by atoms with Gasteiger partial charge < -0.3 is 15.3 Å². The van der Waals surface area contributed by atoms with Gasteiger partial charge >= 0.3 is 12.0 Å². The van der Waals surface area contributed by atoms with E-state index in [9.17, 15) is 9.59 Å². The van der Waals surface area contributed by atoms with Crippen LogP contribution < -0.4 is 5.32 Å². The molecule has 2 amide bonds. The molecule has 0 bridgehead atoms. The molecule has 2 fully saturated rings. The Morgan fingerprint density at radius 3 is 2.35 bits per heavy atom. The number of hydrogen-bond acceptors (Lipinski definition) is 2. The van der Waals surface area contributed by atoms with E-state index in [-0.39, 0.29) is 11.9 Å². The van der Waals surface area contributed by atoms with Crippen molar-refractivity contribution >= 4 is 12.0 Å². The van der Waals surface area contributed by atoms with E-state index < -0.39 is 5.97 Å². The molecule has 1 saturated heterocycles. The fourth-order valence-electron chi connectivity index (χ4n) is 2.23. The van der Waals surface area contributed by atoms with E-state index in [4.69, 9.17) is 5.11 Å². The molecule has 2 N–H and O–H groups in total. The molecular weight excluding hydrogens is 220 g/mol. The van der Waals surface area contributed by atoms with E-state index >= 15 is 0 Å². The Bertz CT molecular complexity index is 294. The first-order valence-electron chi connectivity index (χ1n) is 6.42. The number of likely N-dealkylation sites (tertiary alicyclic amines) is 1. The van der Waals surface area contributed by atoms with E-state index in [1.54, 1.807) is 4.90 Å². The first-order valence-corrected chi connectivity index (χ1v) is 6.42. The minimum absolute atomic E-state index is 0.0329. The second-order valence-corrected chi connectivity index (χ2v) is 5.06. The zero-order chi connectivity index (χ0) is 12.3. The summed E-state index contributed by atoms with van der Waals surface area (Å²) >= 11 is 0. The molecule has 0 aromatic rings. The Kier molecular flexibility index (Phi) is 3.86. The van der Waals surface area contributed by atoms with Gasteiger partial charge in [0.05, 0.1) is 5.92 Å². The van der Waals surface area contributed by atoms with E-state index in [0.717, 1.165) is 18.9 Å². The van der Waals surface area contributed by atoms with Crippen LogP contribution in [0.3, 0.4) is 0 Å². The summed E-state index contributed by atoms with van der Waals surface area (Å²) in [6.45, 7) is 1.88. The van der Waals surface area contributed by atoms with E-state index in [0.29, 0.717) is 25.9 Å². The number of piperidine rings is 1. The third kappa shape index (κ3) is 3.61. The summed E-state index contributed by atoms with van der Waals surface area (Å²) in [7, 11) is 0. The Morgan fingerprint density at radius 1 is 1.18 bits per heavy atom. The Labute approximate surface area is 101 Å². The van der Waals surface area contributed by atoms with Gasteiger partial charge in [-0.05, 0) is 25.2 Å². The van der Waals surface area contributed by atoms with Gasteiger partial charge in [0.2, 0.25) is 0 Å². The molecule has 0 spiro atoms. The van der Waals surface area contributed by atoms with Crippen LogP contribution in [-0.4, -0.2) is 41.6 Å². The van der Waals surface area contributed by atoms with Crippen LogP contribution in [0.25, 0.3) is 0 Å². The second kappa shape index (κ2) is 5.38. The summed E-state index contributed by atoms with van der Waals surface area (Å²) in [4.78, 5) is 24.2. The Balaban J connectivity index is 1.64. The van der Waals surface area contributed by atoms with E-state index in [2.05, 4.69) is 5.32 Å². The Hall–Kier alpha value is -1.26. The largest absolute Gasteiger partial charge is 0.481 e. The summed E-state index contributed by atoms with van der Waals surface area (Å²) in [6.07, 6.45) is 4.84. The maximum atomic E-state index is 11.7. The molecule has 1 heterocycles. The number of hydrogen-bond donors (Lipinski definition) is 2. The number of nitrogens with zero attached hydrogens (tertiary/aromatic N) is 1. The number of urea groups is 1. The molecule has 5 heteroatoms. The van der Waals surface area contributed by atoms with Crippen molar-refractivity contribution in [2.75, 3.05) is 19.6 Å². The van der Waals surface area contributed by atoms with Crippen LogP contribution in [0.1, 0.15) is 32.1 Å². The van der Waals surface area contributed by atoms with E-state index in [1.807, 2.05) is 0 Å². The van der Waals surface area contributed by atoms with Crippen LogP contribution in [0, 0.1) is 11.8 Å². The first-order chi connectivity index (χ1) is 8.16. The number of rotatable bonds is 4. The monoisotopic (exact) mass is 240 g/mol. The fourth-order valence-corrected chi connectivity index (χ4v) is 2.23. The fraction of sp³-hybridized carbons (Fsp3) is 0.833. The first kappa shape index (κ1) is 12.2. The molecule has 1 aliphatic carbocycles. The quantitative estimate of drug-likeness (QED) is 0.778. The topological polar surface area (TPSA) is 69.6 Å². The number of amides is 2. The summed E-state index contributed by atoms with van der Waals surface area (Å²) in [5.74, 6) is -0.183. The molecule has 0 radical (unpaired) electrons. The van der Waals surface area contributed by atoms with Crippen molar-refractivity contribution in [3.8, 4) is 0 Å². The maximum Gasteiger partial charge on any atom is 0.317 e. The molecule has 17 heavy (non-hydrogen) atoms. The average Bonchev–Trinajstić information content (AvgIpc) is 3.13. The SMILES string of the molecule is O=C(O)C1CCN(C(=O)NCCC2CC2)CC1. The average molecular weight is 240 g/mol. The standard InChI is InChI=1S/C12H20N2O3/c15-11(16)10-4-7-14(8-5-10)12(17)13-6-3-9-1-2-9/h9-10H,1-8H2,(H,13,17)(H,15,16). The molecule has 1 saturated carbocycles. The van der Waals surface area contributed by atoms with Gasteiger partial charge in [-0.15, -0.1) is 0 Å². The minimum atomic E-state index is -0.737. The molecule has 0 atom stereocenters. The lowest BCUT2D eigenvalue weighted by atomic mass is 9.97. The third-order valence-corrected chi connectivity index (χ3v) is 3.66. The predicted molar refractivity (Wildman–Crippen MR) is 62.7 cm³/mol. The summed E-state index contributed by atoms with van der Waals surface area (Å²) in [5.41, 5.74) is 0. The number of carbonyl (C=O) groups is 2. The summed E-state index contributed by atoms with van der Waals surface area (Å²) in [5, 5.41) is 11.8. The molecule has 2 rings (SSSR count). The number of carboxylic acids is 1. The highest BCUT2D eigenvalue weighted by Crippen LogP contribution is 2.31. The van der Waals surface area contributed by atoms with Gasteiger partial charge in [-0.3, -0.25) is 4.79 Å². The zero-order valence-electron chi connectivity index (χ0n) is 10.0. The molecule has 96 valence electrons. The highest BCUT2D eigenvalue weighted by atomic mass is 16.4. The molecule has 0 unspecified atom stereocenters. The van der Waals surface area contributed by atoms with Crippen molar-refractivity contribution in [3.63, 3.8) is 0 Å². The molecule has 0 aromatic heterocycles. The van der Waals surface area contributed by atoms with Crippen molar-refractivity contribution in [1.29, 1.82) is 0 Å². The lowest BCUT2D eigenvalue weighted by molar-refractivity contribution is -0.143. The van der Waals surface area contributed by atoms with Crippen molar-refractivity contribution < 1.29 is 14.7 Å². The van der Waals surface area contributed by atoms with Crippen molar-refractivity contribution in [3.05, 3.63) is 0 Å². The minimum Gasteiger partial charge on any atom is -0.481 e. The lowest BCUT2D eigenvalue weighted by Crippen LogP contribution is -2.45. The molecule has 2 aliphatic rings. The van der Waals surface area contributed by atoms with Crippen LogP contribution in [0.2, 0.25) is 0 Å². The van der Waals surface area contributed by atoms with Gasteiger partial charge in [0.15, 0.2) is 0 Å². The van der Waals surface area contributed by atoms with Gasteiger partial charge in [0.1, 0.15) is 0 Å². The highest BCUT2D eigenvalue weighted by Gasteiger charge is 2.27. The van der Waals surface area contributed by atoms with Gasteiger partial charge in [-0.1, -0.05) is 12.8 Å². The van der Waals surface area contributed by atoms with Crippen LogP contribution in [0.5, 0.6) is 0 Å². The van der Waals surface area contributed by atoms with Gasteiger partial charge in [-0.25, -0.2) is 4.79 Å². The zero-order valence-corrected chi connectivity index (χ0v) is 10.0. The van der Waals surface area contributed by atoms with Crippen LogP contribution in [0.15, 0.2) is 0 Å². The van der Waals surface area contributed by atoms with Crippen LogP contribution in [0.4, 0.5) is 4.79 Å². The summed E-state index contributed by atoms with van der Waals surface area (Å²) in [6, 6.07) is -0.0329. The summed E-state index contributed by atoms with van der Waals surface area (Å²) < 4.78 is 0. The Morgan fingerprint density at radius 2 is 1.82 bits per heavy atom. The predicted octanol–water partition coefficient (Wildman–Crippen LogP) is 1.29. The van der Waals surface area contributed by atoms with Gasteiger partial charge in [0, 0.05) is 19.6 Å². The molecule has 0 aromatic carbocycles. The number of aliphatic carboxylic acids is 1. The highest BCUT2D eigenvalue weighted by molar-refractivity contribution is 5.75. The number of carbonyl (C=O) groups excluding carboxylic acids is 1. The molecule has 1 aliphatic heterocycles. The van der Waals surface area contributed by atoms with Crippen molar-refractivity contribution in [1.82, 2.24) is 10.2 Å². The van der Waals surface area contributed by atoms with Crippen LogP contribution >= 0.6 is 0 Å². The third-order valence-electron chi connectivity index (χ3n) is 3.66. The molecular formula is C12H20N2O3. The normalized spacial score (nSPS) is 21.3. The van der Waals surface area contributed by atoms with E-state index in [1.165, 1.54) is 12.8 Å². The number of nitrogens with one attached hydrogen (secondary N) is 1. The van der Waals surface area contributed by atoms with Gasteiger partial charge in [-0.2, -0.15) is 0 Å². The van der Waals surface area contributed by atoms with Crippen molar-refractivity contribution in [2.24, 2.45) is 11.8 Å².